The first kappa shape index (κ1) is 21.1. The van der Waals surface area contributed by atoms with Gasteiger partial charge in [-0.1, -0.05) is 36.2 Å². The van der Waals surface area contributed by atoms with Gasteiger partial charge in [-0.3, -0.25) is 9.59 Å². The molecule has 1 aliphatic carbocycles. The van der Waals surface area contributed by atoms with E-state index in [1.807, 2.05) is 6.92 Å². The molecule has 0 amide bonds. The molecule has 1 aliphatic heterocycles. The molecule has 0 bridgehead atoms. The van der Waals surface area contributed by atoms with Crippen LogP contribution in [-0.2, 0) is 24.2 Å². The predicted octanol–water partition coefficient (Wildman–Crippen LogP) is 4.63. The summed E-state index contributed by atoms with van der Waals surface area (Å²) >= 11 is 6.54. The molecule has 1 atom stereocenters. The maximum Gasteiger partial charge on any atom is 0.322 e. The van der Waals surface area contributed by atoms with Crippen LogP contribution in [0.5, 0.6) is 0 Å². The van der Waals surface area contributed by atoms with E-state index in [1.54, 1.807) is 36.4 Å². The van der Waals surface area contributed by atoms with Crippen LogP contribution in [0.4, 0.5) is 0 Å². The molecular weight excluding hydrogens is 424 g/mol. The average Bonchev–Trinajstić information content (AvgIpc) is 2.93. The van der Waals surface area contributed by atoms with Gasteiger partial charge in [0, 0.05) is 11.3 Å². The fraction of sp³-hybridized carbons (Fsp3) is 0.391. The summed E-state index contributed by atoms with van der Waals surface area (Å²) in [7, 11) is -3.35. The van der Waals surface area contributed by atoms with E-state index in [2.05, 4.69) is 0 Å². The summed E-state index contributed by atoms with van der Waals surface area (Å²) in [6, 6.07) is 10.1. The zero-order valence-corrected chi connectivity index (χ0v) is 18.5. The molecule has 1 spiro atoms. The van der Waals surface area contributed by atoms with E-state index in [0.29, 0.717) is 29.0 Å². The number of aryl methyl sites for hydroxylation is 1. The lowest BCUT2D eigenvalue weighted by molar-refractivity contribution is -0.154. The second-order valence-electron chi connectivity index (χ2n) is 8.26. The average molecular weight is 447 g/mol. The number of ketones is 1. The molecule has 4 rings (SSSR count). The standard InChI is InChI=1S/C23H23ClO5S/c1-14-11-18(20-21(25)23(29-22(20)26)9-4-3-5-10-23)19(24)13-17(14)15-7-6-8-16(12-15)30(2,27)28/h6-8,11-13,20H,3-5,9-10H2,1-2H3. The molecule has 2 aliphatic rings. The Kier molecular flexibility index (Phi) is 5.27. The summed E-state index contributed by atoms with van der Waals surface area (Å²) in [6.07, 6.45) is 5.08. The van der Waals surface area contributed by atoms with Crippen molar-refractivity contribution in [3.05, 3.63) is 52.5 Å². The van der Waals surface area contributed by atoms with Crippen molar-refractivity contribution in [3.63, 3.8) is 0 Å². The number of hydrogen-bond acceptors (Lipinski definition) is 5. The van der Waals surface area contributed by atoms with Crippen LogP contribution in [-0.4, -0.2) is 32.0 Å². The van der Waals surface area contributed by atoms with Gasteiger partial charge < -0.3 is 4.74 Å². The normalized spacial score (nSPS) is 21.1. The van der Waals surface area contributed by atoms with Gasteiger partial charge in [-0.25, -0.2) is 8.42 Å². The maximum absolute atomic E-state index is 13.2. The molecule has 1 heterocycles. The maximum atomic E-state index is 13.2. The number of hydrogen-bond donors (Lipinski definition) is 0. The van der Waals surface area contributed by atoms with Crippen LogP contribution >= 0.6 is 11.6 Å². The van der Waals surface area contributed by atoms with E-state index >= 15 is 0 Å². The second-order valence-corrected chi connectivity index (χ2v) is 10.7. The number of rotatable bonds is 3. The Labute approximate surface area is 181 Å². The lowest BCUT2D eigenvalue weighted by Crippen LogP contribution is -2.39. The highest BCUT2D eigenvalue weighted by atomic mass is 35.5. The molecule has 2 fully saturated rings. The number of benzene rings is 2. The Morgan fingerprint density at radius 1 is 1.07 bits per heavy atom. The van der Waals surface area contributed by atoms with E-state index in [1.165, 1.54) is 0 Å². The summed E-state index contributed by atoms with van der Waals surface area (Å²) < 4.78 is 29.4. The Balaban J connectivity index is 1.74. The third-order valence-electron chi connectivity index (χ3n) is 6.13. The summed E-state index contributed by atoms with van der Waals surface area (Å²) in [5.41, 5.74) is 1.70. The van der Waals surface area contributed by atoms with Crippen LogP contribution in [0, 0.1) is 6.92 Å². The van der Waals surface area contributed by atoms with Crippen molar-refractivity contribution in [2.75, 3.05) is 6.26 Å². The minimum absolute atomic E-state index is 0.194. The first-order valence-electron chi connectivity index (χ1n) is 10.0. The quantitative estimate of drug-likeness (QED) is 0.507. The van der Waals surface area contributed by atoms with Crippen molar-refractivity contribution in [1.29, 1.82) is 0 Å². The smallest absolute Gasteiger partial charge is 0.322 e. The van der Waals surface area contributed by atoms with Gasteiger partial charge in [0.15, 0.2) is 21.2 Å². The molecule has 7 heteroatoms. The van der Waals surface area contributed by atoms with E-state index in [4.69, 9.17) is 16.3 Å². The van der Waals surface area contributed by atoms with Crippen molar-refractivity contribution < 1.29 is 22.7 Å². The highest BCUT2D eigenvalue weighted by Crippen LogP contribution is 2.45. The first-order valence-corrected chi connectivity index (χ1v) is 12.3. The van der Waals surface area contributed by atoms with E-state index in [0.717, 1.165) is 36.6 Å². The zero-order valence-electron chi connectivity index (χ0n) is 16.9. The van der Waals surface area contributed by atoms with Crippen LogP contribution in [0.2, 0.25) is 5.02 Å². The molecular formula is C23H23ClO5S. The number of carbonyl (C=O) groups excluding carboxylic acids is 2. The molecule has 2 aromatic carbocycles. The topological polar surface area (TPSA) is 77.5 Å². The number of Topliss-reactive ketones (excluding diaryl/α,β-unsaturated/α-hetero) is 1. The monoisotopic (exact) mass is 446 g/mol. The van der Waals surface area contributed by atoms with Crippen molar-refractivity contribution in [1.82, 2.24) is 0 Å². The van der Waals surface area contributed by atoms with Crippen LogP contribution in [0.1, 0.15) is 49.1 Å². The summed E-state index contributed by atoms with van der Waals surface area (Å²) in [5, 5.41) is 0.295. The van der Waals surface area contributed by atoms with Gasteiger partial charge >= 0.3 is 5.97 Å². The predicted molar refractivity (Wildman–Crippen MR) is 114 cm³/mol. The lowest BCUT2D eigenvalue weighted by atomic mass is 9.78. The number of sulfone groups is 1. The van der Waals surface area contributed by atoms with Crippen LogP contribution < -0.4 is 0 Å². The summed E-state index contributed by atoms with van der Waals surface area (Å²) in [6.45, 7) is 1.85. The Hall–Kier alpha value is -2.18. The molecule has 1 unspecified atom stereocenters. The summed E-state index contributed by atoms with van der Waals surface area (Å²) in [4.78, 5) is 26.1. The number of carbonyl (C=O) groups is 2. The van der Waals surface area contributed by atoms with E-state index in [-0.39, 0.29) is 10.7 Å². The van der Waals surface area contributed by atoms with Gasteiger partial charge in [0.1, 0.15) is 5.92 Å². The van der Waals surface area contributed by atoms with Gasteiger partial charge in [-0.2, -0.15) is 0 Å². The van der Waals surface area contributed by atoms with Gasteiger partial charge in [0.05, 0.1) is 4.90 Å². The first-order chi connectivity index (χ1) is 14.1. The van der Waals surface area contributed by atoms with Crippen molar-refractivity contribution in [3.8, 4) is 11.1 Å². The van der Waals surface area contributed by atoms with Gasteiger partial charge in [-0.05, 0) is 73.1 Å². The molecule has 0 aromatic heterocycles. The van der Waals surface area contributed by atoms with Crippen molar-refractivity contribution >= 4 is 33.2 Å². The SMILES string of the molecule is Cc1cc(C2C(=O)OC3(CCCCC3)C2=O)c(Cl)cc1-c1cccc(S(C)(=O)=O)c1. The molecule has 2 aromatic rings. The van der Waals surface area contributed by atoms with E-state index in [9.17, 15) is 18.0 Å². The van der Waals surface area contributed by atoms with Crippen molar-refractivity contribution in [2.24, 2.45) is 0 Å². The molecule has 1 saturated carbocycles. The molecule has 158 valence electrons. The molecule has 0 radical (unpaired) electrons. The fourth-order valence-electron chi connectivity index (χ4n) is 4.54. The van der Waals surface area contributed by atoms with Crippen LogP contribution in [0.3, 0.4) is 0 Å². The van der Waals surface area contributed by atoms with E-state index < -0.39 is 27.3 Å². The van der Waals surface area contributed by atoms with Crippen molar-refractivity contribution in [2.45, 2.75) is 55.4 Å². The van der Waals surface area contributed by atoms with Gasteiger partial charge in [-0.15, -0.1) is 0 Å². The third-order valence-corrected chi connectivity index (χ3v) is 7.57. The highest BCUT2D eigenvalue weighted by Gasteiger charge is 2.56. The minimum atomic E-state index is -3.35. The van der Waals surface area contributed by atoms with Crippen LogP contribution in [0.25, 0.3) is 11.1 Å². The second kappa shape index (κ2) is 7.50. The Morgan fingerprint density at radius 3 is 2.43 bits per heavy atom. The minimum Gasteiger partial charge on any atom is -0.450 e. The van der Waals surface area contributed by atoms with Crippen LogP contribution in [0.15, 0.2) is 41.3 Å². The number of esters is 1. The van der Waals surface area contributed by atoms with Gasteiger partial charge in [0.25, 0.3) is 0 Å². The third kappa shape index (κ3) is 3.56. The molecule has 30 heavy (non-hydrogen) atoms. The summed E-state index contributed by atoms with van der Waals surface area (Å²) in [5.74, 6) is -1.74. The fourth-order valence-corrected chi connectivity index (χ4v) is 5.48. The zero-order chi connectivity index (χ0) is 21.7. The lowest BCUT2D eigenvalue weighted by Gasteiger charge is -2.29. The number of ether oxygens (including phenoxy) is 1. The molecule has 1 saturated heterocycles. The Morgan fingerprint density at radius 2 is 1.77 bits per heavy atom. The highest BCUT2D eigenvalue weighted by molar-refractivity contribution is 7.90. The number of halogens is 1. The van der Waals surface area contributed by atoms with Gasteiger partial charge in [0.2, 0.25) is 0 Å². The Bertz CT molecular complexity index is 1150. The molecule has 0 N–H and O–H groups in total. The largest absolute Gasteiger partial charge is 0.450 e. The molecule has 5 nitrogen and oxygen atoms in total.